The third-order valence-corrected chi connectivity index (χ3v) is 9.23. The van der Waals surface area contributed by atoms with Crippen molar-refractivity contribution in [1.29, 1.82) is 0 Å². The molecule has 14 heteroatoms. The molecule has 13 nitrogen and oxygen atoms in total. The Hall–Kier alpha value is -4.40. The molecular weight excluding hydrogens is 652 g/mol. The molecule has 0 aromatic heterocycles. The Morgan fingerprint density at radius 2 is 1.76 bits per heavy atom. The molecule has 0 aliphatic heterocycles. The van der Waals surface area contributed by atoms with E-state index in [4.69, 9.17) is 10.5 Å². The molecule has 3 aliphatic rings. The van der Waals surface area contributed by atoms with E-state index < -0.39 is 69.9 Å². The highest BCUT2D eigenvalue weighted by Gasteiger charge is 2.64. The van der Waals surface area contributed by atoms with Crippen LogP contribution in [0.1, 0.15) is 23.1 Å². The number of nitrogens with zero attached hydrogens (tertiary/aromatic N) is 2. The quantitative estimate of drug-likeness (QED) is 0.243. The van der Waals surface area contributed by atoms with E-state index in [-0.39, 0.29) is 41.8 Å². The van der Waals surface area contributed by atoms with Gasteiger partial charge in [0.05, 0.1) is 11.6 Å². The van der Waals surface area contributed by atoms with Crippen LogP contribution in [-0.4, -0.2) is 88.7 Å². The highest BCUT2D eigenvalue weighted by atomic mass is 79.9. The predicted molar refractivity (Wildman–Crippen MR) is 166 cm³/mol. The SMILES string of the molecule is CN(C)c1cc(CNC(=O)Oc2ccc(Br)cc2)c(O)c2c1C[C@H]1C[C@H]3[C@H](N(C)C)C(=O)C(C(N)=O)=C(O)[C@@]3(O)C(=O)C1=C2O. The lowest BCUT2D eigenvalue weighted by Crippen LogP contribution is -2.65. The number of ether oxygens (including phenoxy) is 1. The van der Waals surface area contributed by atoms with Gasteiger partial charge >= 0.3 is 6.09 Å². The summed E-state index contributed by atoms with van der Waals surface area (Å²) in [5.41, 5.74) is 2.72. The monoisotopic (exact) mass is 684 g/mol. The second kappa shape index (κ2) is 11.5. The van der Waals surface area contributed by atoms with E-state index >= 15 is 0 Å². The van der Waals surface area contributed by atoms with Crippen molar-refractivity contribution in [2.75, 3.05) is 33.1 Å². The summed E-state index contributed by atoms with van der Waals surface area (Å²) >= 11 is 3.31. The lowest BCUT2D eigenvalue weighted by atomic mass is 9.57. The number of amides is 2. The van der Waals surface area contributed by atoms with E-state index in [1.54, 1.807) is 63.4 Å². The number of hydrogen-bond acceptors (Lipinski definition) is 11. The average Bonchev–Trinajstić information content (AvgIpc) is 2.95. The average molecular weight is 686 g/mol. The molecule has 2 aromatic rings. The Morgan fingerprint density at radius 1 is 1.11 bits per heavy atom. The number of aromatic hydroxyl groups is 1. The number of nitrogens with one attached hydrogen (secondary N) is 1. The number of nitrogens with two attached hydrogens (primary N) is 1. The Kier molecular flexibility index (Phi) is 8.19. The molecule has 5 rings (SSSR count). The number of likely N-dealkylation sites (N-methyl/N-ethyl adjacent to an activating group) is 1. The molecule has 3 aliphatic carbocycles. The van der Waals surface area contributed by atoms with Crippen molar-refractivity contribution in [3.8, 4) is 11.5 Å². The first-order valence-corrected chi connectivity index (χ1v) is 14.8. The van der Waals surface area contributed by atoms with Crippen molar-refractivity contribution in [3.05, 3.63) is 68.4 Å². The molecule has 0 radical (unpaired) electrons. The van der Waals surface area contributed by atoms with Gasteiger partial charge in [-0.25, -0.2) is 4.79 Å². The van der Waals surface area contributed by atoms with Gasteiger partial charge in [-0.1, -0.05) is 15.9 Å². The van der Waals surface area contributed by atoms with E-state index in [0.29, 0.717) is 11.3 Å². The number of halogens is 1. The molecule has 1 fully saturated rings. The van der Waals surface area contributed by atoms with Crippen molar-refractivity contribution in [2.24, 2.45) is 17.6 Å². The predicted octanol–water partition coefficient (Wildman–Crippen LogP) is 2.08. The van der Waals surface area contributed by atoms with Crippen LogP contribution in [0, 0.1) is 11.8 Å². The lowest BCUT2D eigenvalue weighted by molar-refractivity contribution is -0.153. The van der Waals surface area contributed by atoms with Crippen LogP contribution in [-0.2, 0) is 27.3 Å². The Bertz CT molecular complexity index is 1700. The molecule has 0 unspecified atom stereocenters. The van der Waals surface area contributed by atoms with Crippen LogP contribution < -0.4 is 20.7 Å². The summed E-state index contributed by atoms with van der Waals surface area (Å²) < 4.78 is 6.08. The number of benzene rings is 2. The zero-order valence-corrected chi connectivity index (χ0v) is 26.5. The summed E-state index contributed by atoms with van der Waals surface area (Å²) in [6.45, 7) is -0.209. The number of anilines is 1. The fourth-order valence-electron chi connectivity index (χ4n) is 6.69. The zero-order chi connectivity index (χ0) is 33.1. The van der Waals surface area contributed by atoms with Gasteiger partial charge in [-0.05, 0) is 68.8 Å². The second-order valence-electron chi connectivity index (χ2n) is 11.8. The summed E-state index contributed by atoms with van der Waals surface area (Å²) in [7, 11) is 6.59. The number of ketones is 2. The number of phenols is 1. The van der Waals surface area contributed by atoms with Gasteiger partial charge in [-0.15, -0.1) is 0 Å². The molecule has 2 amide bonds. The fourth-order valence-corrected chi connectivity index (χ4v) is 6.96. The first kappa shape index (κ1) is 32.0. The zero-order valence-electron chi connectivity index (χ0n) is 24.9. The normalized spacial score (nSPS) is 24.2. The van der Waals surface area contributed by atoms with Gasteiger partial charge in [0.15, 0.2) is 11.4 Å². The molecular formula is C31H33BrN4O9. The van der Waals surface area contributed by atoms with Crippen molar-refractivity contribution in [3.63, 3.8) is 0 Å². The Balaban J connectivity index is 1.57. The van der Waals surface area contributed by atoms with Gasteiger partial charge in [-0.2, -0.15) is 0 Å². The third-order valence-electron chi connectivity index (χ3n) is 8.71. The largest absolute Gasteiger partial charge is 0.508 e. The van der Waals surface area contributed by atoms with Crippen LogP contribution >= 0.6 is 15.9 Å². The maximum absolute atomic E-state index is 14.1. The van der Waals surface area contributed by atoms with E-state index in [1.165, 1.54) is 4.90 Å². The minimum Gasteiger partial charge on any atom is -0.508 e. The Morgan fingerprint density at radius 3 is 2.33 bits per heavy atom. The van der Waals surface area contributed by atoms with Gasteiger partial charge in [-0.3, -0.25) is 19.3 Å². The lowest BCUT2D eigenvalue weighted by Gasteiger charge is -2.50. The number of aliphatic hydroxyl groups excluding tert-OH is 2. The van der Waals surface area contributed by atoms with Crippen molar-refractivity contribution in [2.45, 2.75) is 31.0 Å². The first-order chi connectivity index (χ1) is 21.1. The minimum atomic E-state index is -2.74. The fraction of sp³-hybridized carbons (Fsp3) is 0.355. The molecule has 45 heavy (non-hydrogen) atoms. The number of rotatable bonds is 6. The number of primary amides is 1. The van der Waals surface area contributed by atoms with E-state index in [1.807, 2.05) is 0 Å². The Labute approximate surface area is 266 Å². The summed E-state index contributed by atoms with van der Waals surface area (Å²) in [5, 5.41) is 48.4. The van der Waals surface area contributed by atoms with Crippen LogP contribution in [0.25, 0.3) is 5.76 Å². The van der Waals surface area contributed by atoms with Gasteiger partial charge in [0, 0.05) is 47.9 Å². The van der Waals surface area contributed by atoms with Crippen molar-refractivity contribution >= 4 is 50.9 Å². The van der Waals surface area contributed by atoms with Crippen LogP contribution in [0.2, 0.25) is 0 Å². The smallest absolute Gasteiger partial charge is 0.412 e. The number of aliphatic hydroxyl groups is 3. The van der Waals surface area contributed by atoms with Crippen molar-refractivity contribution in [1.82, 2.24) is 10.2 Å². The second-order valence-corrected chi connectivity index (χ2v) is 12.7. The summed E-state index contributed by atoms with van der Waals surface area (Å²) in [6, 6.07) is 7.06. The third kappa shape index (κ3) is 5.12. The minimum absolute atomic E-state index is 0.0232. The molecule has 2 aromatic carbocycles. The van der Waals surface area contributed by atoms with Gasteiger partial charge < -0.3 is 41.1 Å². The summed E-state index contributed by atoms with van der Waals surface area (Å²) in [4.78, 5) is 55.3. The molecule has 1 saturated carbocycles. The maximum Gasteiger partial charge on any atom is 0.412 e. The summed E-state index contributed by atoms with van der Waals surface area (Å²) in [5.74, 6) is -7.00. The number of carbonyl (C=O) groups excluding carboxylic acids is 4. The van der Waals surface area contributed by atoms with Gasteiger partial charge in [0.2, 0.25) is 5.78 Å². The number of fused-ring (bicyclic) bond motifs is 3. The molecule has 7 N–H and O–H groups in total. The summed E-state index contributed by atoms with van der Waals surface area (Å²) in [6.07, 6.45) is -0.687. The number of hydrogen-bond donors (Lipinski definition) is 6. The van der Waals surface area contributed by atoms with E-state index in [9.17, 15) is 39.6 Å². The number of phenolic OH excluding ortho intramolecular Hbond substituents is 1. The molecule has 0 bridgehead atoms. The van der Waals surface area contributed by atoms with Crippen LogP contribution in [0.4, 0.5) is 10.5 Å². The standard InChI is InChI=1S/C31H33BrN4O9/c1-35(2)19-11-14(12-34-30(43)45-16-7-5-15(32)6-8-16)24(37)21-17(19)9-13-10-18-23(36(3)4)26(39)22(29(33)42)28(41)31(18,44)27(40)20(13)25(21)38/h5-8,11,13,18,23,37-38,41,44H,9-10,12H2,1-4H3,(H2,33,42)(H,34,43)/t13-,18-,23-,31-/m0/s1. The highest BCUT2D eigenvalue weighted by molar-refractivity contribution is 9.10. The van der Waals surface area contributed by atoms with Crippen LogP contribution in [0.3, 0.4) is 0 Å². The molecule has 238 valence electrons. The van der Waals surface area contributed by atoms with E-state index in [2.05, 4.69) is 21.2 Å². The first-order valence-electron chi connectivity index (χ1n) is 14.0. The highest BCUT2D eigenvalue weighted by Crippen LogP contribution is 2.54. The van der Waals surface area contributed by atoms with Crippen LogP contribution in [0.5, 0.6) is 11.5 Å². The van der Waals surface area contributed by atoms with Gasteiger partial charge in [0.1, 0.15) is 28.6 Å². The van der Waals surface area contributed by atoms with Gasteiger partial charge in [0.25, 0.3) is 5.91 Å². The molecule has 0 heterocycles. The molecule has 4 atom stereocenters. The number of Topliss-reactive ketones (excluding diaryl/α,β-unsaturated/α-hetero) is 2. The van der Waals surface area contributed by atoms with Crippen LogP contribution in [0.15, 0.2) is 51.7 Å². The number of carbonyl (C=O) groups is 4. The topological polar surface area (TPSA) is 203 Å². The molecule has 0 spiro atoms. The molecule has 0 saturated heterocycles. The van der Waals surface area contributed by atoms with Crippen molar-refractivity contribution < 1.29 is 44.3 Å². The van der Waals surface area contributed by atoms with E-state index in [0.717, 1.165) is 4.47 Å². The maximum atomic E-state index is 14.1.